The summed E-state index contributed by atoms with van der Waals surface area (Å²) in [4.78, 5) is 11.3. The van der Waals surface area contributed by atoms with Crippen LogP contribution in [0.5, 0.6) is 11.5 Å². The Hall–Kier alpha value is -2.11. The Bertz CT molecular complexity index is 899. The number of benzene rings is 2. The number of ether oxygens (including phenoxy) is 2. The van der Waals surface area contributed by atoms with Crippen LogP contribution >= 0.6 is 15.9 Å². The Kier molecular flexibility index (Phi) is 5.83. The molecule has 5 heteroatoms. The highest BCUT2D eigenvalue weighted by Gasteiger charge is 2.20. The lowest BCUT2D eigenvalue weighted by Gasteiger charge is -2.16. The third-order valence-electron chi connectivity index (χ3n) is 5.18. The molecule has 2 aromatic carbocycles. The van der Waals surface area contributed by atoms with Crippen LogP contribution in [0.3, 0.4) is 0 Å². The van der Waals surface area contributed by atoms with Crippen molar-refractivity contribution in [3.8, 4) is 11.5 Å². The number of hydrogen-bond donors (Lipinski definition) is 1. The highest BCUT2D eigenvalue weighted by molar-refractivity contribution is 9.11. The number of carbonyl (C=O) groups excluding carboxylic acids is 1. The predicted molar refractivity (Wildman–Crippen MR) is 114 cm³/mol. The first-order chi connectivity index (χ1) is 13.6. The van der Waals surface area contributed by atoms with Gasteiger partial charge in [-0.3, -0.25) is 4.79 Å². The maximum Gasteiger partial charge on any atom is 0.308 e. The van der Waals surface area contributed by atoms with Crippen LogP contribution in [0.2, 0.25) is 0 Å². The molecule has 0 bridgehead atoms. The van der Waals surface area contributed by atoms with Crippen molar-refractivity contribution in [3.05, 3.63) is 63.6 Å². The van der Waals surface area contributed by atoms with E-state index in [1.165, 1.54) is 28.1 Å². The Morgan fingerprint density at radius 2 is 1.89 bits per heavy atom. The molecule has 1 fully saturated rings. The van der Waals surface area contributed by atoms with Crippen LogP contribution in [0.15, 0.2) is 46.9 Å². The van der Waals surface area contributed by atoms with E-state index in [4.69, 9.17) is 9.47 Å². The van der Waals surface area contributed by atoms with Gasteiger partial charge in [-0.15, -0.1) is 0 Å². The fourth-order valence-corrected chi connectivity index (χ4v) is 4.61. The molecule has 28 heavy (non-hydrogen) atoms. The molecule has 4 rings (SSSR count). The minimum Gasteiger partial charge on any atom is -0.489 e. The number of hydrogen-bond acceptors (Lipinski definition) is 4. The molecular formula is C23H24BrNO3. The second-order valence-electron chi connectivity index (χ2n) is 7.30. The summed E-state index contributed by atoms with van der Waals surface area (Å²) in [7, 11) is 0. The van der Waals surface area contributed by atoms with E-state index in [-0.39, 0.29) is 12.1 Å². The lowest BCUT2D eigenvalue weighted by molar-refractivity contribution is -0.131. The van der Waals surface area contributed by atoms with E-state index in [2.05, 4.69) is 51.6 Å². The van der Waals surface area contributed by atoms with Gasteiger partial charge in [0.2, 0.25) is 0 Å². The van der Waals surface area contributed by atoms with Crippen molar-refractivity contribution in [2.24, 2.45) is 0 Å². The molecule has 0 unspecified atom stereocenters. The monoisotopic (exact) mass is 441 g/mol. The first kappa shape index (κ1) is 19.2. The van der Waals surface area contributed by atoms with Crippen LogP contribution in [0.1, 0.15) is 42.9 Å². The molecule has 1 atom stereocenters. The van der Waals surface area contributed by atoms with Crippen LogP contribution in [-0.4, -0.2) is 25.2 Å². The van der Waals surface area contributed by atoms with Crippen LogP contribution in [0.25, 0.3) is 5.57 Å². The van der Waals surface area contributed by atoms with E-state index >= 15 is 0 Å². The van der Waals surface area contributed by atoms with Crippen LogP contribution in [0, 0.1) is 0 Å². The second-order valence-corrected chi connectivity index (χ2v) is 8.26. The number of aryl methyl sites for hydroxylation is 1. The maximum atomic E-state index is 11.3. The van der Waals surface area contributed by atoms with Gasteiger partial charge in [-0.2, -0.15) is 0 Å². The molecule has 0 saturated carbocycles. The summed E-state index contributed by atoms with van der Waals surface area (Å²) < 4.78 is 12.5. The molecule has 1 aliphatic heterocycles. The van der Waals surface area contributed by atoms with Gasteiger partial charge in [0.25, 0.3) is 0 Å². The number of fused-ring (bicyclic) bond motifs is 1. The van der Waals surface area contributed by atoms with Crippen molar-refractivity contribution in [3.63, 3.8) is 0 Å². The average molecular weight is 442 g/mol. The van der Waals surface area contributed by atoms with Gasteiger partial charge in [0.1, 0.15) is 17.6 Å². The van der Waals surface area contributed by atoms with Crippen molar-refractivity contribution < 1.29 is 14.3 Å². The first-order valence-corrected chi connectivity index (χ1v) is 10.6. The molecular weight excluding hydrogens is 418 g/mol. The minimum atomic E-state index is -0.293. The summed E-state index contributed by atoms with van der Waals surface area (Å²) in [6.45, 7) is 3.37. The molecule has 2 aromatic rings. The molecule has 1 N–H and O–H groups in total. The molecule has 0 amide bonds. The van der Waals surface area contributed by atoms with E-state index in [1.807, 2.05) is 12.1 Å². The smallest absolute Gasteiger partial charge is 0.308 e. The highest BCUT2D eigenvalue weighted by atomic mass is 79.9. The van der Waals surface area contributed by atoms with Gasteiger partial charge in [-0.05, 0) is 78.8 Å². The number of rotatable bonds is 4. The normalized spacial score (nSPS) is 19.1. The molecule has 0 aromatic heterocycles. The summed E-state index contributed by atoms with van der Waals surface area (Å²) in [6, 6.07) is 14.3. The number of nitrogens with one attached hydrogen (secondary N) is 1. The third kappa shape index (κ3) is 4.31. The molecule has 0 spiro atoms. The van der Waals surface area contributed by atoms with Gasteiger partial charge in [0, 0.05) is 18.0 Å². The molecule has 2 aliphatic rings. The predicted octanol–water partition coefficient (Wildman–Crippen LogP) is 4.84. The third-order valence-corrected chi connectivity index (χ3v) is 5.98. The highest BCUT2D eigenvalue weighted by Crippen LogP contribution is 2.39. The molecule has 146 valence electrons. The summed E-state index contributed by atoms with van der Waals surface area (Å²) in [5.41, 5.74) is 4.76. The number of allylic oxidation sites excluding steroid dienone is 1. The van der Waals surface area contributed by atoms with Gasteiger partial charge in [-0.25, -0.2) is 0 Å². The van der Waals surface area contributed by atoms with E-state index < -0.39 is 0 Å². The van der Waals surface area contributed by atoms with Crippen molar-refractivity contribution >= 4 is 27.5 Å². The first-order valence-electron chi connectivity index (χ1n) is 9.78. The molecule has 0 radical (unpaired) electrons. The summed E-state index contributed by atoms with van der Waals surface area (Å²) >= 11 is 3.81. The lowest BCUT2D eigenvalue weighted by atomic mass is 9.93. The topological polar surface area (TPSA) is 47.6 Å². The van der Waals surface area contributed by atoms with Crippen LogP contribution in [-0.2, 0) is 11.2 Å². The van der Waals surface area contributed by atoms with Crippen LogP contribution in [0.4, 0.5) is 0 Å². The molecule has 1 aliphatic carbocycles. The van der Waals surface area contributed by atoms with E-state index in [9.17, 15) is 4.79 Å². The minimum absolute atomic E-state index is 0.259. The number of carbonyl (C=O) groups is 1. The zero-order valence-corrected chi connectivity index (χ0v) is 17.6. The van der Waals surface area contributed by atoms with Crippen LogP contribution < -0.4 is 14.8 Å². The van der Waals surface area contributed by atoms with Crippen molar-refractivity contribution in [2.45, 2.75) is 38.7 Å². The Morgan fingerprint density at radius 3 is 2.61 bits per heavy atom. The summed E-state index contributed by atoms with van der Waals surface area (Å²) in [5, 5.41) is 3.33. The van der Waals surface area contributed by atoms with E-state index in [0.717, 1.165) is 50.1 Å². The SMILES string of the molecule is CC(=O)Oc1ccc2c(c1)CCCC(Br)=C2c1ccc(O[C@H]2CCNC2)cc1. The summed E-state index contributed by atoms with van der Waals surface area (Å²) in [6.07, 6.45) is 4.31. The second kappa shape index (κ2) is 8.50. The van der Waals surface area contributed by atoms with Gasteiger partial charge >= 0.3 is 5.97 Å². The standard InChI is InChI=1S/C23H24BrNO3/c1-15(26)27-19-9-10-21-17(13-19)3-2-4-22(24)23(21)16-5-7-18(8-6-16)28-20-11-12-25-14-20/h5-10,13,20,25H,2-4,11-12,14H2,1H3/t20-/m0/s1. The van der Waals surface area contributed by atoms with Crippen molar-refractivity contribution in [1.29, 1.82) is 0 Å². The zero-order valence-electron chi connectivity index (χ0n) is 16.0. The van der Waals surface area contributed by atoms with Gasteiger partial charge in [0.15, 0.2) is 0 Å². The fraction of sp³-hybridized carbons (Fsp3) is 0.348. The Balaban J connectivity index is 1.63. The van der Waals surface area contributed by atoms with E-state index in [0.29, 0.717) is 5.75 Å². The molecule has 4 nitrogen and oxygen atoms in total. The van der Waals surface area contributed by atoms with Crippen molar-refractivity contribution in [2.75, 3.05) is 13.1 Å². The summed E-state index contributed by atoms with van der Waals surface area (Å²) in [5.74, 6) is 1.23. The van der Waals surface area contributed by atoms with Gasteiger partial charge in [-0.1, -0.05) is 34.1 Å². The Morgan fingerprint density at radius 1 is 1.11 bits per heavy atom. The number of esters is 1. The average Bonchev–Trinajstić information content (AvgIpc) is 3.11. The maximum absolute atomic E-state index is 11.3. The lowest BCUT2D eigenvalue weighted by Crippen LogP contribution is -2.19. The Labute approximate surface area is 174 Å². The number of halogens is 1. The van der Waals surface area contributed by atoms with E-state index in [1.54, 1.807) is 0 Å². The quantitative estimate of drug-likeness (QED) is 0.544. The van der Waals surface area contributed by atoms with Gasteiger partial charge in [0.05, 0.1) is 0 Å². The molecule has 1 heterocycles. The fourth-order valence-electron chi connectivity index (χ4n) is 3.89. The van der Waals surface area contributed by atoms with Crippen molar-refractivity contribution in [1.82, 2.24) is 5.32 Å². The largest absolute Gasteiger partial charge is 0.489 e. The van der Waals surface area contributed by atoms with Gasteiger partial charge < -0.3 is 14.8 Å². The zero-order chi connectivity index (χ0) is 19.5. The molecule has 1 saturated heterocycles.